The molecule has 2 aliphatic rings. The van der Waals surface area contributed by atoms with Crippen molar-refractivity contribution in [1.82, 2.24) is 9.80 Å². The first-order chi connectivity index (χ1) is 13.0. The first-order valence-corrected chi connectivity index (χ1v) is 10.4. The van der Waals surface area contributed by atoms with E-state index in [2.05, 4.69) is 9.80 Å². The number of piperazine rings is 1. The van der Waals surface area contributed by atoms with Gasteiger partial charge < -0.3 is 10.6 Å². The highest BCUT2D eigenvalue weighted by Gasteiger charge is 2.39. The third kappa shape index (κ3) is 6.15. The van der Waals surface area contributed by atoms with E-state index in [1.807, 2.05) is 38.1 Å². The van der Waals surface area contributed by atoms with E-state index >= 15 is 0 Å². The van der Waals surface area contributed by atoms with Crippen LogP contribution in [0.15, 0.2) is 24.3 Å². The summed E-state index contributed by atoms with van der Waals surface area (Å²) in [5.74, 6) is -0.0854. The van der Waals surface area contributed by atoms with Gasteiger partial charge in [-0.3, -0.25) is 14.5 Å². The summed E-state index contributed by atoms with van der Waals surface area (Å²) in [4.78, 5) is 27.5. The van der Waals surface area contributed by atoms with Crippen LogP contribution in [0, 0.1) is 0 Å². The van der Waals surface area contributed by atoms with E-state index < -0.39 is 0 Å². The first-order valence-electron chi connectivity index (χ1n) is 10.4. The average molecular weight is 374 g/mol. The number of hydrogen-bond donors (Lipinski definition) is 1. The fraction of sp³-hybridized carbons (Fsp3) is 0.636. The number of amides is 1. The fourth-order valence-corrected chi connectivity index (χ4v) is 4.28. The predicted octanol–water partition coefficient (Wildman–Crippen LogP) is 2.87. The number of carbonyl (C=O) groups is 2. The highest BCUT2D eigenvalue weighted by molar-refractivity contribution is 5.92. The van der Waals surface area contributed by atoms with Crippen molar-refractivity contribution in [2.75, 3.05) is 26.2 Å². The Bertz CT molecular complexity index is 600. The number of fused-ring (bicyclic) bond motifs is 2. The summed E-state index contributed by atoms with van der Waals surface area (Å²) < 4.78 is 0. The number of carbonyl (C=O) groups excluding carboxylic acids is 2. The first kappa shape index (κ1) is 21.6. The molecule has 2 heterocycles. The Kier molecular flexibility index (Phi) is 8.45. The molecule has 0 aliphatic carbocycles. The van der Waals surface area contributed by atoms with E-state index in [0.717, 1.165) is 32.5 Å². The number of unbranched alkanes of at least 4 members (excludes halogenated alkanes) is 1. The third-order valence-electron chi connectivity index (χ3n) is 5.54. The molecular formula is C22H35N3O2. The van der Waals surface area contributed by atoms with Crippen molar-refractivity contribution in [2.45, 2.75) is 65.0 Å². The van der Waals surface area contributed by atoms with E-state index in [4.69, 9.17) is 5.73 Å². The molecule has 2 N–H and O–H groups in total. The van der Waals surface area contributed by atoms with Crippen LogP contribution in [0.5, 0.6) is 0 Å². The van der Waals surface area contributed by atoms with Crippen LogP contribution >= 0.6 is 0 Å². The lowest BCUT2D eigenvalue weighted by Gasteiger charge is -2.40. The highest BCUT2D eigenvalue weighted by Crippen LogP contribution is 2.29. The van der Waals surface area contributed by atoms with Gasteiger partial charge in [-0.1, -0.05) is 26.0 Å². The summed E-state index contributed by atoms with van der Waals surface area (Å²) in [5, 5.41) is 0. The second kappa shape index (κ2) is 10.6. The number of primary amides is 1. The number of nitrogens with two attached hydrogens (primary N) is 1. The minimum atomic E-state index is -0.370. The zero-order chi connectivity index (χ0) is 19.8. The van der Waals surface area contributed by atoms with E-state index in [-0.39, 0.29) is 11.7 Å². The van der Waals surface area contributed by atoms with Crippen molar-refractivity contribution < 1.29 is 9.59 Å². The molecule has 1 aromatic carbocycles. The molecule has 5 nitrogen and oxygen atoms in total. The Morgan fingerprint density at radius 2 is 1.63 bits per heavy atom. The van der Waals surface area contributed by atoms with E-state index in [1.165, 1.54) is 24.8 Å². The molecule has 2 saturated heterocycles. The van der Waals surface area contributed by atoms with Gasteiger partial charge in [0.2, 0.25) is 5.91 Å². The fourth-order valence-electron chi connectivity index (χ4n) is 4.28. The number of nitrogens with zero attached hydrogens (tertiary/aromatic N) is 2. The van der Waals surface area contributed by atoms with Gasteiger partial charge in [-0.15, -0.1) is 0 Å². The quantitative estimate of drug-likeness (QED) is 0.712. The Hall–Kier alpha value is -1.72. The smallest absolute Gasteiger partial charge is 0.248 e. The molecular weight excluding hydrogens is 338 g/mol. The standard InChI is InChI=1S/C20H29N3O2.C2H6/c1-15(24)12-23-18-9-10-19(23)14-22(13-18)11-3-2-4-16-5-7-17(8-6-16)20(21)25;1-2/h5-8,18-19H,2-4,9-14H2,1H3,(H2,21,25);1-2H3. The summed E-state index contributed by atoms with van der Waals surface area (Å²) in [7, 11) is 0. The molecule has 1 aromatic rings. The molecule has 2 unspecified atom stereocenters. The molecule has 0 saturated carbocycles. The molecule has 150 valence electrons. The zero-order valence-corrected chi connectivity index (χ0v) is 17.1. The minimum absolute atomic E-state index is 0.285. The molecule has 1 amide bonds. The molecule has 27 heavy (non-hydrogen) atoms. The van der Waals surface area contributed by atoms with Gasteiger partial charge in [-0.2, -0.15) is 0 Å². The van der Waals surface area contributed by atoms with Crippen LogP contribution in [0.25, 0.3) is 0 Å². The van der Waals surface area contributed by atoms with E-state index in [9.17, 15) is 9.59 Å². The number of likely N-dealkylation sites (tertiary alicyclic amines) is 1. The molecule has 3 rings (SSSR count). The molecule has 0 aromatic heterocycles. The molecule has 0 radical (unpaired) electrons. The van der Waals surface area contributed by atoms with Crippen LogP contribution in [-0.2, 0) is 11.2 Å². The number of Topliss-reactive ketones (excluding diaryl/α,β-unsaturated/α-hetero) is 1. The van der Waals surface area contributed by atoms with Crippen molar-refractivity contribution >= 4 is 11.7 Å². The summed E-state index contributed by atoms with van der Waals surface area (Å²) in [6.45, 7) is 9.68. The maximum absolute atomic E-state index is 11.4. The second-order valence-corrected chi connectivity index (χ2v) is 7.54. The molecule has 2 atom stereocenters. The van der Waals surface area contributed by atoms with E-state index in [0.29, 0.717) is 24.2 Å². The van der Waals surface area contributed by atoms with Crippen molar-refractivity contribution in [3.8, 4) is 0 Å². The monoisotopic (exact) mass is 373 g/mol. The molecule has 5 heteroatoms. The number of rotatable bonds is 8. The van der Waals surface area contributed by atoms with Gasteiger partial charge in [0.1, 0.15) is 5.78 Å². The summed E-state index contributed by atoms with van der Waals surface area (Å²) >= 11 is 0. The topological polar surface area (TPSA) is 66.6 Å². The van der Waals surface area contributed by atoms with Crippen molar-refractivity contribution in [1.29, 1.82) is 0 Å². The molecule has 2 fully saturated rings. The summed E-state index contributed by atoms with van der Waals surface area (Å²) in [5.41, 5.74) is 7.10. The number of hydrogen-bond acceptors (Lipinski definition) is 4. The normalized spacial score (nSPS) is 22.2. The molecule has 2 bridgehead atoms. The number of aryl methyl sites for hydroxylation is 1. The van der Waals surface area contributed by atoms with Gasteiger partial charge in [-0.25, -0.2) is 0 Å². The molecule has 0 spiro atoms. The second-order valence-electron chi connectivity index (χ2n) is 7.54. The lowest BCUT2D eigenvalue weighted by Crippen LogP contribution is -2.54. The van der Waals surface area contributed by atoms with Crippen LogP contribution in [0.2, 0.25) is 0 Å². The van der Waals surface area contributed by atoms with Crippen LogP contribution in [0.4, 0.5) is 0 Å². The lowest BCUT2D eigenvalue weighted by molar-refractivity contribution is -0.119. The van der Waals surface area contributed by atoms with Crippen LogP contribution in [0.1, 0.15) is 62.4 Å². The Morgan fingerprint density at radius 3 is 2.15 bits per heavy atom. The maximum Gasteiger partial charge on any atom is 0.248 e. The third-order valence-corrected chi connectivity index (χ3v) is 5.54. The Balaban J connectivity index is 0.00000126. The van der Waals surface area contributed by atoms with Crippen LogP contribution in [-0.4, -0.2) is 59.8 Å². The van der Waals surface area contributed by atoms with Gasteiger partial charge in [0.25, 0.3) is 0 Å². The molecule has 2 aliphatic heterocycles. The number of ketones is 1. The Morgan fingerprint density at radius 1 is 1.04 bits per heavy atom. The van der Waals surface area contributed by atoms with Crippen molar-refractivity contribution in [2.24, 2.45) is 5.73 Å². The summed E-state index contributed by atoms with van der Waals surface area (Å²) in [6.07, 6.45) is 5.85. The largest absolute Gasteiger partial charge is 0.366 e. The highest BCUT2D eigenvalue weighted by atomic mass is 16.1. The zero-order valence-electron chi connectivity index (χ0n) is 17.1. The van der Waals surface area contributed by atoms with Crippen molar-refractivity contribution in [3.63, 3.8) is 0 Å². The van der Waals surface area contributed by atoms with Crippen LogP contribution in [0.3, 0.4) is 0 Å². The van der Waals surface area contributed by atoms with Crippen molar-refractivity contribution in [3.05, 3.63) is 35.4 Å². The van der Waals surface area contributed by atoms with E-state index in [1.54, 1.807) is 6.92 Å². The van der Waals surface area contributed by atoms with Gasteiger partial charge in [0.05, 0.1) is 6.54 Å². The maximum atomic E-state index is 11.4. The SMILES string of the molecule is CC.CC(=O)CN1C2CCC1CN(CCCCc1ccc(C(N)=O)cc1)C2. The van der Waals surface area contributed by atoms with Gasteiger partial charge in [-0.05, 0) is 63.3 Å². The van der Waals surface area contributed by atoms with Gasteiger partial charge in [0.15, 0.2) is 0 Å². The Labute approximate surface area is 163 Å². The van der Waals surface area contributed by atoms with Gasteiger partial charge >= 0.3 is 0 Å². The lowest BCUT2D eigenvalue weighted by atomic mass is 10.1. The predicted molar refractivity (Wildman–Crippen MR) is 110 cm³/mol. The van der Waals surface area contributed by atoms with Gasteiger partial charge in [0, 0.05) is 30.7 Å². The average Bonchev–Trinajstić information content (AvgIpc) is 2.89. The minimum Gasteiger partial charge on any atom is -0.366 e. The summed E-state index contributed by atoms with van der Waals surface area (Å²) in [6, 6.07) is 8.77. The number of benzene rings is 1. The van der Waals surface area contributed by atoms with Crippen LogP contribution < -0.4 is 5.73 Å².